The van der Waals surface area contributed by atoms with Gasteiger partial charge in [-0.05, 0) is 31.5 Å². The molecule has 1 aromatic carbocycles. The molecule has 1 saturated heterocycles. The van der Waals surface area contributed by atoms with Crippen LogP contribution in [0.3, 0.4) is 0 Å². The van der Waals surface area contributed by atoms with E-state index in [9.17, 15) is 0 Å². The molecule has 76 valence electrons. The molecule has 0 N–H and O–H groups in total. The van der Waals surface area contributed by atoms with E-state index in [-0.39, 0.29) is 5.38 Å². The van der Waals surface area contributed by atoms with E-state index in [0.717, 1.165) is 6.54 Å². The molecular formula is C12H16ClN. The summed E-state index contributed by atoms with van der Waals surface area (Å²) in [5.74, 6) is 0. The second kappa shape index (κ2) is 4.81. The van der Waals surface area contributed by atoms with Crippen molar-refractivity contribution in [3.63, 3.8) is 0 Å². The standard InChI is InChI=1S/C12H16ClN/c13-12(10-14-8-4-5-9-14)11-6-2-1-3-7-11/h1-3,6-7,12H,4-5,8-10H2/t12-/m0/s1. The van der Waals surface area contributed by atoms with Crippen LogP contribution >= 0.6 is 11.6 Å². The molecule has 0 bridgehead atoms. The third-order valence-electron chi connectivity index (χ3n) is 2.78. The van der Waals surface area contributed by atoms with Gasteiger partial charge in [-0.1, -0.05) is 30.3 Å². The molecular weight excluding hydrogens is 194 g/mol. The normalized spacial score (nSPS) is 19.8. The summed E-state index contributed by atoms with van der Waals surface area (Å²) in [5, 5.41) is 0.147. The molecule has 14 heavy (non-hydrogen) atoms. The number of hydrogen-bond acceptors (Lipinski definition) is 1. The number of nitrogens with zero attached hydrogens (tertiary/aromatic N) is 1. The molecule has 1 atom stereocenters. The van der Waals surface area contributed by atoms with Crippen molar-refractivity contribution in [1.82, 2.24) is 4.90 Å². The second-order valence-electron chi connectivity index (χ2n) is 3.89. The van der Waals surface area contributed by atoms with E-state index in [1.54, 1.807) is 0 Å². The molecule has 1 fully saturated rings. The van der Waals surface area contributed by atoms with E-state index in [0.29, 0.717) is 0 Å². The van der Waals surface area contributed by atoms with Crippen molar-refractivity contribution in [3.05, 3.63) is 35.9 Å². The van der Waals surface area contributed by atoms with Gasteiger partial charge in [-0.15, -0.1) is 11.6 Å². The molecule has 0 aliphatic carbocycles. The van der Waals surface area contributed by atoms with Crippen LogP contribution in [0.4, 0.5) is 0 Å². The first-order valence-corrected chi connectivity index (χ1v) is 5.71. The summed E-state index contributed by atoms with van der Waals surface area (Å²) in [6, 6.07) is 10.3. The summed E-state index contributed by atoms with van der Waals surface area (Å²) in [6.45, 7) is 3.43. The minimum atomic E-state index is 0.147. The largest absolute Gasteiger partial charge is 0.302 e. The third-order valence-corrected chi connectivity index (χ3v) is 3.17. The minimum Gasteiger partial charge on any atom is -0.302 e. The van der Waals surface area contributed by atoms with Gasteiger partial charge < -0.3 is 4.90 Å². The number of alkyl halides is 1. The van der Waals surface area contributed by atoms with Crippen molar-refractivity contribution >= 4 is 11.6 Å². The van der Waals surface area contributed by atoms with Crippen LogP contribution < -0.4 is 0 Å². The lowest BCUT2D eigenvalue weighted by Crippen LogP contribution is -2.23. The maximum Gasteiger partial charge on any atom is 0.0712 e. The molecule has 2 rings (SSSR count). The van der Waals surface area contributed by atoms with Crippen LogP contribution in [0.5, 0.6) is 0 Å². The predicted octanol–water partition coefficient (Wildman–Crippen LogP) is 3.06. The van der Waals surface area contributed by atoms with Gasteiger partial charge in [0, 0.05) is 6.54 Å². The number of hydrogen-bond donors (Lipinski definition) is 0. The van der Waals surface area contributed by atoms with Crippen molar-refractivity contribution < 1.29 is 0 Å². The second-order valence-corrected chi connectivity index (χ2v) is 4.41. The Morgan fingerprint density at radius 1 is 1.14 bits per heavy atom. The Hall–Kier alpha value is -0.530. The van der Waals surface area contributed by atoms with Crippen molar-refractivity contribution in [3.8, 4) is 0 Å². The quantitative estimate of drug-likeness (QED) is 0.692. The molecule has 0 spiro atoms. The van der Waals surface area contributed by atoms with Gasteiger partial charge in [0.1, 0.15) is 0 Å². The molecule has 1 aliphatic heterocycles. The Balaban J connectivity index is 1.92. The summed E-state index contributed by atoms with van der Waals surface area (Å²) < 4.78 is 0. The van der Waals surface area contributed by atoms with Crippen LogP contribution in [-0.2, 0) is 0 Å². The molecule has 1 nitrogen and oxygen atoms in total. The highest BCUT2D eigenvalue weighted by Crippen LogP contribution is 2.22. The first-order chi connectivity index (χ1) is 6.86. The van der Waals surface area contributed by atoms with E-state index in [4.69, 9.17) is 11.6 Å². The van der Waals surface area contributed by atoms with Gasteiger partial charge in [0.2, 0.25) is 0 Å². The van der Waals surface area contributed by atoms with Crippen LogP contribution in [-0.4, -0.2) is 24.5 Å². The molecule has 0 radical (unpaired) electrons. The van der Waals surface area contributed by atoms with E-state index in [2.05, 4.69) is 29.2 Å². The van der Waals surface area contributed by atoms with Crippen LogP contribution in [0.2, 0.25) is 0 Å². The summed E-state index contributed by atoms with van der Waals surface area (Å²) in [6.07, 6.45) is 2.66. The van der Waals surface area contributed by atoms with E-state index in [1.807, 2.05) is 6.07 Å². The van der Waals surface area contributed by atoms with E-state index < -0.39 is 0 Å². The van der Waals surface area contributed by atoms with Crippen LogP contribution in [0, 0.1) is 0 Å². The Labute approximate surface area is 90.7 Å². The highest BCUT2D eigenvalue weighted by molar-refractivity contribution is 6.21. The van der Waals surface area contributed by atoms with E-state index in [1.165, 1.54) is 31.5 Å². The molecule has 2 heteroatoms. The molecule has 1 aromatic rings. The van der Waals surface area contributed by atoms with Crippen molar-refractivity contribution in [2.24, 2.45) is 0 Å². The lowest BCUT2D eigenvalue weighted by molar-refractivity contribution is 0.339. The average Bonchev–Trinajstić information content (AvgIpc) is 2.72. The maximum absolute atomic E-state index is 6.34. The summed E-state index contributed by atoms with van der Waals surface area (Å²) in [7, 11) is 0. The van der Waals surface area contributed by atoms with E-state index >= 15 is 0 Å². The number of benzene rings is 1. The summed E-state index contributed by atoms with van der Waals surface area (Å²) >= 11 is 6.34. The predicted molar refractivity (Wildman–Crippen MR) is 60.7 cm³/mol. The fourth-order valence-electron chi connectivity index (χ4n) is 1.96. The van der Waals surface area contributed by atoms with Gasteiger partial charge in [-0.2, -0.15) is 0 Å². The zero-order chi connectivity index (χ0) is 9.80. The highest BCUT2D eigenvalue weighted by atomic mass is 35.5. The zero-order valence-corrected chi connectivity index (χ0v) is 9.08. The summed E-state index contributed by atoms with van der Waals surface area (Å²) in [5.41, 5.74) is 1.24. The van der Waals surface area contributed by atoms with Crippen molar-refractivity contribution in [1.29, 1.82) is 0 Å². The first kappa shape index (κ1) is 10.0. The summed E-state index contributed by atoms with van der Waals surface area (Å²) in [4.78, 5) is 2.45. The lowest BCUT2D eigenvalue weighted by Gasteiger charge is -2.18. The molecule has 0 unspecified atom stereocenters. The van der Waals surface area contributed by atoms with Crippen molar-refractivity contribution in [2.45, 2.75) is 18.2 Å². The van der Waals surface area contributed by atoms with Gasteiger partial charge in [0.25, 0.3) is 0 Å². The van der Waals surface area contributed by atoms with Gasteiger partial charge in [-0.3, -0.25) is 0 Å². The molecule has 0 aromatic heterocycles. The zero-order valence-electron chi connectivity index (χ0n) is 8.32. The van der Waals surface area contributed by atoms with Gasteiger partial charge in [0.05, 0.1) is 5.38 Å². The van der Waals surface area contributed by atoms with Gasteiger partial charge in [0.15, 0.2) is 0 Å². The molecule has 1 heterocycles. The SMILES string of the molecule is Cl[C@@H](CN1CCCC1)c1ccccc1. The smallest absolute Gasteiger partial charge is 0.0712 e. The van der Waals surface area contributed by atoms with Crippen LogP contribution in [0.15, 0.2) is 30.3 Å². The monoisotopic (exact) mass is 209 g/mol. The minimum absolute atomic E-state index is 0.147. The van der Waals surface area contributed by atoms with Crippen LogP contribution in [0.25, 0.3) is 0 Å². The topological polar surface area (TPSA) is 3.24 Å². The molecule has 1 aliphatic rings. The van der Waals surface area contributed by atoms with Crippen molar-refractivity contribution in [2.75, 3.05) is 19.6 Å². The number of likely N-dealkylation sites (tertiary alicyclic amines) is 1. The Bertz CT molecular complexity index is 267. The Kier molecular flexibility index (Phi) is 3.44. The third kappa shape index (κ3) is 2.49. The molecule has 0 amide bonds. The van der Waals surface area contributed by atoms with Gasteiger partial charge in [-0.25, -0.2) is 0 Å². The highest BCUT2D eigenvalue weighted by Gasteiger charge is 2.16. The maximum atomic E-state index is 6.34. The fraction of sp³-hybridized carbons (Fsp3) is 0.500. The molecule has 0 saturated carbocycles. The fourth-order valence-corrected chi connectivity index (χ4v) is 2.30. The lowest BCUT2D eigenvalue weighted by atomic mass is 10.1. The van der Waals surface area contributed by atoms with Crippen LogP contribution in [0.1, 0.15) is 23.8 Å². The van der Waals surface area contributed by atoms with Gasteiger partial charge >= 0.3 is 0 Å². The average molecular weight is 210 g/mol. The Morgan fingerprint density at radius 3 is 2.43 bits per heavy atom. The number of halogens is 1. The number of rotatable bonds is 3. The first-order valence-electron chi connectivity index (χ1n) is 5.27. The Morgan fingerprint density at radius 2 is 1.79 bits per heavy atom.